The fourth-order valence-corrected chi connectivity index (χ4v) is 3.58. The molecule has 0 unspecified atom stereocenters. The van der Waals surface area contributed by atoms with Gasteiger partial charge in [0.15, 0.2) is 5.43 Å². The van der Waals surface area contributed by atoms with Gasteiger partial charge < -0.3 is 10.1 Å². The second-order valence-electron chi connectivity index (χ2n) is 6.71. The number of nitrogens with zero attached hydrogens (tertiary/aromatic N) is 1. The number of nitriles is 1. The Hall–Kier alpha value is -4.02. The van der Waals surface area contributed by atoms with Crippen molar-refractivity contribution in [3.05, 3.63) is 92.6 Å². The van der Waals surface area contributed by atoms with E-state index in [4.69, 9.17) is 22.0 Å². The van der Waals surface area contributed by atoms with Crippen molar-refractivity contribution in [2.24, 2.45) is 0 Å². The molecule has 0 amide bonds. The van der Waals surface area contributed by atoms with Crippen LogP contribution in [0.2, 0.25) is 5.02 Å². The van der Waals surface area contributed by atoms with Crippen molar-refractivity contribution in [1.82, 2.24) is 4.98 Å². The Labute approximate surface area is 178 Å². The van der Waals surface area contributed by atoms with Gasteiger partial charge in [0.05, 0.1) is 39.4 Å². The molecule has 0 bridgehead atoms. The van der Waals surface area contributed by atoms with Gasteiger partial charge in [-0.05, 0) is 42.0 Å². The number of fused-ring (bicyclic) bond motifs is 1. The van der Waals surface area contributed by atoms with Crippen LogP contribution in [0.5, 0.6) is 0 Å². The smallest absolute Gasteiger partial charge is 0.335 e. The highest BCUT2D eigenvalue weighted by atomic mass is 35.5. The highest BCUT2D eigenvalue weighted by Crippen LogP contribution is 2.33. The standard InChI is InChI=1S/C23H11ClF2N2O3/c24-15-5-4-11(10-27)6-14(15)17-9-19(29)21-18(28-17)8-16(25)20(22(21)26)12-2-1-3-13(7-12)23(30)31/h1-9H,(H,28,29)(H,30,31). The van der Waals surface area contributed by atoms with E-state index in [1.165, 1.54) is 36.4 Å². The first-order valence-corrected chi connectivity index (χ1v) is 9.26. The SMILES string of the molecule is N#Cc1ccc(Cl)c(-c2cc(=O)c3c(F)c(-c4cccc(C(=O)O)c4)c(F)cc3[nH]2)c1. The predicted octanol–water partition coefficient (Wildman–Crippen LogP) is 5.36. The van der Waals surface area contributed by atoms with Crippen LogP contribution in [0.25, 0.3) is 33.3 Å². The first kappa shape index (κ1) is 20.3. The van der Waals surface area contributed by atoms with E-state index in [1.54, 1.807) is 0 Å². The van der Waals surface area contributed by atoms with Gasteiger partial charge in [-0.15, -0.1) is 0 Å². The zero-order valence-corrected chi connectivity index (χ0v) is 16.3. The molecule has 0 atom stereocenters. The summed E-state index contributed by atoms with van der Waals surface area (Å²) < 4.78 is 30.1. The number of hydrogen-bond donors (Lipinski definition) is 2. The van der Waals surface area contributed by atoms with E-state index in [9.17, 15) is 14.0 Å². The number of carbonyl (C=O) groups is 1. The van der Waals surface area contributed by atoms with Crippen LogP contribution in [0.4, 0.5) is 8.78 Å². The van der Waals surface area contributed by atoms with Crippen LogP contribution in [0, 0.1) is 23.0 Å². The van der Waals surface area contributed by atoms with E-state index >= 15 is 4.39 Å². The van der Waals surface area contributed by atoms with E-state index in [0.29, 0.717) is 11.1 Å². The molecule has 0 aliphatic rings. The van der Waals surface area contributed by atoms with E-state index < -0.39 is 28.6 Å². The number of aromatic amines is 1. The Kier molecular flexibility index (Phi) is 5.01. The molecule has 0 radical (unpaired) electrons. The van der Waals surface area contributed by atoms with E-state index in [2.05, 4.69) is 4.98 Å². The van der Waals surface area contributed by atoms with E-state index in [-0.39, 0.29) is 32.7 Å². The van der Waals surface area contributed by atoms with Gasteiger partial charge in [-0.3, -0.25) is 4.79 Å². The fourth-order valence-electron chi connectivity index (χ4n) is 3.36. The monoisotopic (exact) mass is 436 g/mol. The Morgan fingerprint density at radius 3 is 2.58 bits per heavy atom. The maximum Gasteiger partial charge on any atom is 0.335 e. The zero-order chi connectivity index (χ0) is 22.3. The molecule has 2 N–H and O–H groups in total. The summed E-state index contributed by atoms with van der Waals surface area (Å²) in [5.41, 5.74) is -0.662. The molecule has 0 fully saturated rings. The van der Waals surface area contributed by atoms with Crippen LogP contribution in [0.15, 0.2) is 59.4 Å². The normalized spacial score (nSPS) is 10.8. The Morgan fingerprint density at radius 1 is 1.10 bits per heavy atom. The minimum Gasteiger partial charge on any atom is -0.478 e. The molecular weight excluding hydrogens is 426 g/mol. The van der Waals surface area contributed by atoms with Crippen LogP contribution < -0.4 is 5.43 Å². The second-order valence-corrected chi connectivity index (χ2v) is 7.12. The largest absolute Gasteiger partial charge is 0.478 e. The Morgan fingerprint density at radius 2 is 1.87 bits per heavy atom. The first-order chi connectivity index (χ1) is 14.8. The molecule has 0 spiro atoms. The average Bonchev–Trinajstić information content (AvgIpc) is 2.73. The highest BCUT2D eigenvalue weighted by Gasteiger charge is 2.20. The highest BCUT2D eigenvalue weighted by molar-refractivity contribution is 6.33. The van der Waals surface area contributed by atoms with E-state index in [0.717, 1.165) is 18.2 Å². The zero-order valence-electron chi connectivity index (χ0n) is 15.5. The van der Waals surface area contributed by atoms with Gasteiger partial charge in [-0.1, -0.05) is 23.7 Å². The van der Waals surface area contributed by atoms with Gasteiger partial charge in [-0.2, -0.15) is 5.26 Å². The van der Waals surface area contributed by atoms with Gasteiger partial charge in [0, 0.05) is 16.7 Å². The molecule has 31 heavy (non-hydrogen) atoms. The summed E-state index contributed by atoms with van der Waals surface area (Å²) in [6, 6.07) is 13.6. The van der Waals surface area contributed by atoms with Crippen LogP contribution in [0.3, 0.4) is 0 Å². The number of halogens is 3. The third kappa shape index (κ3) is 3.54. The molecule has 152 valence electrons. The first-order valence-electron chi connectivity index (χ1n) is 8.89. The quantitative estimate of drug-likeness (QED) is 0.452. The summed E-state index contributed by atoms with van der Waals surface area (Å²) in [6.45, 7) is 0. The number of carboxylic acid groups (broad SMARTS) is 1. The maximum atomic E-state index is 15.3. The van der Waals surface area contributed by atoms with Gasteiger partial charge in [0.25, 0.3) is 0 Å². The Bertz CT molecular complexity index is 1490. The lowest BCUT2D eigenvalue weighted by Crippen LogP contribution is -2.08. The number of hydrogen-bond acceptors (Lipinski definition) is 3. The van der Waals surface area contributed by atoms with Crippen molar-refractivity contribution in [1.29, 1.82) is 5.26 Å². The van der Waals surface area contributed by atoms with Crippen molar-refractivity contribution in [3.63, 3.8) is 0 Å². The molecule has 0 aliphatic carbocycles. The molecule has 5 nitrogen and oxygen atoms in total. The predicted molar refractivity (Wildman–Crippen MR) is 112 cm³/mol. The lowest BCUT2D eigenvalue weighted by Gasteiger charge is -2.11. The summed E-state index contributed by atoms with van der Waals surface area (Å²) in [5.74, 6) is -3.33. The molecule has 4 aromatic rings. The molecular formula is C23H11ClF2N2O3. The number of benzene rings is 3. The Balaban J connectivity index is 1.97. The van der Waals surface area contributed by atoms with Crippen molar-refractivity contribution < 1.29 is 18.7 Å². The van der Waals surface area contributed by atoms with Gasteiger partial charge >= 0.3 is 5.97 Å². The molecule has 8 heteroatoms. The summed E-state index contributed by atoms with van der Waals surface area (Å²) in [6.07, 6.45) is 0. The van der Waals surface area contributed by atoms with Crippen molar-refractivity contribution in [3.8, 4) is 28.5 Å². The minimum atomic E-state index is -1.25. The third-order valence-corrected chi connectivity index (χ3v) is 5.12. The molecule has 0 saturated carbocycles. The topological polar surface area (TPSA) is 93.9 Å². The van der Waals surface area contributed by atoms with Crippen LogP contribution in [-0.4, -0.2) is 16.1 Å². The molecule has 4 rings (SSSR count). The van der Waals surface area contributed by atoms with Crippen LogP contribution >= 0.6 is 11.6 Å². The second kappa shape index (κ2) is 7.67. The van der Waals surface area contributed by atoms with Crippen molar-refractivity contribution in [2.75, 3.05) is 0 Å². The number of nitrogens with one attached hydrogen (secondary N) is 1. The molecule has 1 heterocycles. The number of rotatable bonds is 3. The number of aromatic carboxylic acids is 1. The van der Waals surface area contributed by atoms with Crippen LogP contribution in [0.1, 0.15) is 15.9 Å². The summed E-state index contributed by atoms with van der Waals surface area (Å²) in [7, 11) is 0. The summed E-state index contributed by atoms with van der Waals surface area (Å²) in [5, 5.41) is 18.1. The van der Waals surface area contributed by atoms with Crippen molar-refractivity contribution in [2.45, 2.75) is 0 Å². The number of carboxylic acids is 1. The number of aromatic nitrogens is 1. The number of H-pyrrole nitrogens is 1. The van der Waals surface area contributed by atoms with Gasteiger partial charge in [-0.25, -0.2) is 13.6 Å². The summed E-state index contributed by atoms with van der Waals surface area (Å²) >= 11 is 6.17. The molecule has 1 aromatic heterocycles. The lowest BCUT2D eigenvalue weighted by molar-refractivity contribution is 0.0697. The summed E-state index contributed by atoms with van der Waals surface area (Å²) in [4.78, 5) is 26.7. The average molecular weight is 437 g/mol. The third-order valence-electron chi connectivity index (χ3n) is 4.79. The molecule has 0 saturated heterocycles. The fraction of sp³-hybridized carbons (Fsp3) is 0. The van der Waals surface area contributed by atoms with Crippen molar-refractivity contribution >= 4 is 28.5 Å². The van der Waals surface area contributed by atoms with Crippen LogP contribution in [-0.2, 0) is 0 Å². The van der Waals surface area contributed by atoms with Gasteiger partial charge in [0.2, 0.25) is 0 Å². The maximum absolute atomic E-state index is 15.3. The molecule has 0 aliphatic heterocycles. The lowest BCUT2D eigenvalue weighted by atomic mass is 9.98. The van der Waals surface area contributed by atoms with E-state index in [1.807, 2.05) is 6.07 Å². The minimum absolute atomic E-state index is 0.00922. The number of pyridine rings is 1. The molecule has 3 aromatic carbocycles. The van der Waals surface area contributed by atoms with Gasteiger partial charge in [0.1, 0.15) is 11.6 Å².